The Morgan fingerprint density at radius 1 is 1.35 bits per heavy atom. The number of nitrogen functional groups attached to an aromatic ring is 1. The number of rotatable bonds is 7. The van der Waals surface area contributed by atoms with E-state index in [-0.39, 0.29) is 5.92 Å². The van der Waals surface area contributed by atoms with E-state index in [1.807, 2.05) is 17.8 Å². The Morgan fingerprint density at radius 2 is 2.06 bits per heavy atom. The molecule has 5 nitrogen and oxygen atoms in total. The molecule has 0 spiro atoms. The van der Waals surface area contributed by atoms with Crippen LogP contribution in [0.1, 0.15) is 32.0 Å². The fourth-order valence-electron chi connectivity index (χ4n) is 1.32. The van der Waals surface area contributed by atoms with Crippen molar-refractivity contribution in [2.45, 2.75) is 26.2 Å². The molecule has 0 saturated carbocycles. The minimum Gasteiger partial charge on any atom is -0.370 e. The van der Waals surface area contributed by atoms with Crippen LogP contribution in [0.25, 0.3) is 0 Å². The molecule has 0 aliphatic rings. The number of anilines is 2. The minimum absolute atomic E-state index is 0.287. The van der Waals surface area contributed by atoms with Crippen LogP contribution in [0.3, 0.4) is 0 Å². The van der Waals surface area contributed by atoms with E-state index in [9.17, 15) is 0 Å². The lowest BCUT2D eigenvalue weighted by Crippen LogP contribution is -2.13. The summed E-state index contributed by atoms with van der Waals surface area (Å²) in [6.07, 6.45) is 3.23. The average molecular weight is 255 g/mol. The Hall–Kier alpha value is -1.01. The lowest BCUT2D eigenvalue weighted by molar-refractivity contribution is 0.774. The van der Waals surface area contributed by atoms with Crippen LogP contribution in [0, 0.1) is 0 Å². The van der Waals surface area contributed by atoms with Crippen LogP contribution in [0.2, 0.25) is 0 Å². The smallest absolute Gasteiger partial charge is 0.145 e. The van der Waals surface area contributed by atoms with Gasteiger partial charge in [0.1, 0.15) is 17.5 Å². The second-order valence-corrected chi connectivity index (χ2v) is 5.05. The molecule has 0 unspecified atom stereocenters. The van der Waals surface area contributed by atoms with Gasteiger partial charge in [0, 0.05) is 18.5 Å². The van der Waals surface area contributed by atoms with Crippen LogP contribution in [0.15, 0.2) is 6.07 Å². The van der Waals surface area contributed by atoms with Crippen LogP contribution in [-0.2, 0) is 0 Å². The SMILES string of the molecule is CSCCCNc1cc(NN)nc(C(C)C)n1. The maximum atomic E-state index is 5.39. The molecule has 1 aromatic rings. The summed E-state index contributed by atoms with van der Waals surface area (Å²) in [7, 11) is 0. The standard InChI is InChI=1S/C11H21N5S/c1-8(2)11-14-9(7-10(15-11)16-12)13-5-4-6-17-3/h7-8H,4-6,12H2,1-3H3,(H2,13,14,15,16). The molecule has 6 heteroatoms. The van der Waals surface area contributed by atoms with E-state index in [0.717, 1.165) is 30.4 Å². The number of aromatic nitrogens is 2. The Kier molecular flexibility index (Phi) is 6.07. The van der Waals surface area contributed by atoms with Gasteiger partial charge in [0.2, 0.25) is 0 Å². The fourth-order valence-corrected chi connectivity index (χ4v) is 1.75. The Morgan fingerprint density at radius 3 is 2.65 bits per heavy atom. The number of nitrogens with one attached hydrogen (secondary N) is 2. The third-order valence-electron chi connectivity index (χ3n) is 2.24. The van der Waals surface area contributed by atoms with Gasteiger partial charge in [0.15, 0.2) is 0 Å². The minimum atomic E-state index is 0.287. The summed E-state index contributed by atoms with van der Waals surface area (Å²) >= 11 is 1.85. The molecule has 0 radical (unpaired) electrons. The van der Waals surface area contributed by atoms with Crippen molar-refractivity contribution in [3.63, 3.8) is 0 Å². The third kappa shape index (κ3) is 4.79. The van der Waals surface area contributed by atoms with Crippen LogP contribution in [-0.4, -0.2) is 28.5 Å². The Labute approximate surface area is 107 Å². The molecule has 1 rings (SSSR count). The summed E-state index contributed by atoms with van der Waals surface area (Å²) in [5, 5.41) is 3.29. The topological polar surface area (TPSA) is 75.9 Å². The molecular weight excluding hydrogens is 234 g/mol. The fraction of sp³-hybridized carbons (Fsp3) is 0.636. The monoisotopic (exact) mass is 255 g/mol. The van der Waals surface area contributed by atoms with Crippen molar-refractivity contribution in [2.75, 3.05) is 29.3 Å². The molecule has 96 valence electrons. The van der Waals surface area contributed by atoms with Gasteiger partial charge in [-0.25, -0.2) is 15.8 Å². The lowest BCUT2D eigenvalue weighted by Gasteiger charge is -2.11. The molecule has 0 amide bonds. The highest BCUT2D eigenvalue weighted by Crippen LogP contribution is 2.16. The van der Waals surface area contributed by atoms with Crippen molar-refractivity contribution in [1.82, 2.24) is 9.97 Å². The van der Waals surface area contributed by atoms with E-state index in [1.165, 1.54) is 0 Å². The Balaban J connectivity index is 2.66. The molecule has 0 atom stereocenters. The second-order valence-electron chi connectivity index (χ2n) is 4.07. The van der Waals surface area contributed by atoms with Gasteiger partial charge < -0.3 is 10.7 Å². The van der Waals surface area contributed by atoms with E-state index < -0.39 is 0 Å². The number of nitrogens with two attached hydrogens (primary N) is 1. The van der Waals surface area contributed by atoms with Crippen molar-refractivity contribution in [3.05, 3.63) is 11.9 Å². The summed E-state index contributed by atoms with van der Waals surface area (Å²) in [5.74, 6) is 9.11. The number of hydrogen-bond acceptors (Lipinski definition) is 6. The van der Waals surface area contributed by atoms with Crippen LogP contribution in [0.4, 0.5) is 11.6 Å². The molecule has 4 N–H and O–H groups in total. The zero-order valence-corrected chi connectivity index (χ0v) is 11.5. The third-order valence-corrected chi connectivity index (χ3v) is 2.94. The van der Waals surface area contributed by atoms with Gasteiger partial charge in [-0.3, -0.25) is 0 Å². The molecular formula is C11H21N5S. The van der Waals surface area contributed by atoms with Gasteiger partial charge in [-0.15, -0.1) is 0 Å². The van der Waals surface area contributed by atoms with Gasteiger partial charge in [-0.1, -0.05) is 13.8 Å². The summed E-state index contributed by atoms with van der Waals surface area (Å²) in [6.45, 7) is 5.04. The normalized spacial score (nSPS) is 10.6. The van der Waals surface area contributed by atoms with Crippen molar-refractivity contribution >= 4 is 23.4 Å². The number of hydrazine groups is 1. The first-order chi connectivity index (χ1) is 8.17. The maximum Gasteiger partial charge on any atom is 0.145 e. The van der Waals surface area contributed by atoms with E-state index in [4.69, 9.17) is 5.84 Å². The molecule has 0 aliphatic heterocycles. The van der Waals surface area contributed by atoms with Crippen molar-refractivity contribution < 1.29 is 0 Å². The summed E-state index contributed by atoms with van der Waals surface area (Å²) in [6, 6.07) is 1.82. The number of nitrogens with zero attached hydrogens (tertiary/aromatic N) is 2. The first kappa shape index (κ1) is 14.1. The van der Waals surface area contributed by atoms with E-state index >= 15 is 0 Å². The predicted octanol–water partition coefficient (Wildman–Crippen LogP) is 2.05. The first-order valence-electron chi connectivity index (χ1n) is 5.75. The van der Waals surface area contributed by atoms with Crippen LogP contribution in [0.5, 0.6) is 0 Å². The molecule has 17 heavy (non-hydrogen) atoms. The van der Waals surface area contributed by atoms with E-state index in [0.29, 0.717) is 5.82 Å². The number of thioether (sulfide) groups is 1. The van der Waals surface area contributed by atoms with Gasteiger partial charge in [0.05, 0.1) is 0 Å². The van der Waals surface area contributed by atoms with E-state index in [1.54, 1.807) is 0 Å². The van der Waals surface area contributed by atoms with E-state index in [2.05, 4.69) is 40.8 Å². The largest absolute Gasteiger partial charge is 0.370 e. The highest BCUT2D eigenvalue weighted by Gasteiger charge is 2.07. The van der Waals surface area contributed by atoms with Crippen molar-refractivity contribution in [1.29, 1.82) is 0 Å². The Bertz CT molecular complexity index is 343. The molecule has 0 fully saturated rings. The molecule has 0 aliphatic carbocycles. The number of hydrogen-bond donors (Lipinski definition) is 3. The lowest BCUT2D eigenvalue weighted by atomic mass is 10.2. The molecule has 0 saturated heterocycles. The quantitative estimate of drug-likeness (QED) is 0.393. The second kappa shape index (κ2) is 7.34. The molecule has 1 heterocycles. The molecule has 0 bridgehead atoms. The van der Waals surface area contributed by atoms with Crippen LogP contribution < -0.4 is 16.6 Å². The first-order valence-corrected chi connectivity index (χ1v) is 7.15. The van der Waals surface area contributed by atoms with Crippen LogP contribution >= 0.6 is 11.8 Å². The zero-order valence-electron chi connectivity index (χ0n) is 10.7. The van der Waals surface area contributed by atoms with Gasteiger partial charge in [-0.05, 0) is 18.4 Å². The highest BCUT2D eigenvalue weighted by molar-refractivity contribution is 7.98. The summed E-state index contributed by atoms with van der Waals surface area (Å²) in [4.78, 5) is 8.76. The predicted molar refractivity (Wildman–Crippen MR) is 75.4 cm³/mol. The van der Waals surface area contributed by atoms with Gasteiger partial charge >= 0.3 is 0 Å². The van der Waals surface area contributed by atoms with Crippen molar-refractivity contribution in [2.24, 2.45) is 5.84 Å². The zero-order chi connectivity index (χ0) is 12.7. The van der Waals surface area contributed by atoms with Gasteiger partial charge in [-0.2, -0.15) is 11.8 Å². The summed E-state index contributed by atoms with van der Waals surface area (Å²) in [5.41, 5.74) is 2.57. The van der Waals surface area contributed by atoms with Gasteiger partial charge in [0.25, 0.3) is 0 Å². The average Bonchev–Trinajstić information content (AvgIpc) is 2.34. The highest BCUT2D eigenvalue weighted by atomic mass is 32.2. The molecule has 0 aromatic carbocycles. The maximum absolute atomic E-state index is 5.39. The molecule has 1 aromatic heterocycles. The van der Waals surface area contributed by atoms with Crippen molar-refractivity contribution in [3.8, 4) is 0 Å². The summed E-state index contributed by atoms with van der Waals surface area (Å²) < 4.78 is 0.